The van der Waals surface area contributed by atoms with Crippen molar-refractivity contribution in [2.75, 3.05) is 25.1 Å². The highest BCUT2D eigenvalue weighted by molar-refractivity contribution is 6.30. The first-order valence-electron chi connectivity index (χ1n) is 9.94. The van der Waals surface area contributed by atoms with Gasteiger partial charge in [0, 0.05) is 23.8 Å². The van der Waals surface area contributed by atoms with Gasteiger partial charge in [-0.3, -0.25) is 4.79 Å². The van der Waals surface area contributed by atoms with Crippen molar-refractivity contribution < 1.29 is 14.3 Å². The van der Waals surface area contributed by atoms with E-state index in [2.05, 4.69) is 4.90 Å². The third kappa shape index (κ3) is 4.73. The number of nitrogens with two attached hydrogens (primary N) is 1. The number of hydrogen-bond acceptors (Lipinski definition) is 4. The molecule has 2 N–H and O–H groups in total. The van der Waals surface area contributed by atoms with Gasteiger partial charge in [0.15, 0.2) is 0 Å². The Hall–Kier alpha value is -2.53. The van der Waals surface area contributed by atoms with Crippen molar-refractivity contribution >= 4 is 29.2 Å². The number of ether oxygens (including phenoxy) is 1. The van der Waals surface area contributed by atoms with Gasteiger partial charge in [0.05, 0.1) is 18.6 Å². The van der Waals surface area contributed by atoms with E-state index >= 15 is 0 Å². The summed E-state index contributed by atoms with van der Waals surface area (Å²) in [6, 6.07) is 12.7. The van der Waals surface area contributed by atoms with Crippen LogP contribution >= 0.6 is 11.6 Å². The highest BCUT2D eigenvalue weighted by Gasteiger charge is 2.29. The van der Waals surface area contributed by atoms with Crippen LogP contribution < -0.4 is 10.6 Å². The van der Waals surface area contributed by atoms with Gasteiger partial charge in [0.1, 0.15) is 0 Å². The van der Waals surface area contributed by atoms with E-state index in [1.165, 1.54) is 13.5 Å². The Labute approximate surface area is 176 Å². The van der Waals surface area contributed by atoms with Crippen LogP contribution in [0.15, 0.2) is 42.5 Å². The second-order valence-corrected chi connectivity index (χ2v) is 7.97. The molecule has 1 aliphatic heterocycles. The van der Waals surface area contributed by atoms with E-state index in [1.807, 2.05) is 25.1 Å². The number of halogens is 1. The largest absolute Gasteiger partial charge is 0.465 e. The quantitative estimate of drug-likeness (QED) is 0.707. The van der Waals surface area contributed by atoms with Crippen LogP contribution in [-0.4, -0.2) is 32.1 Å². The van der Waals surface area contributed by atoms with Gasteiger partial charge in [-0.2, -0.15) is 0 Å². The molecule has 29 heavy (non-hydrogen) atoms. The number of carbonyl (C=O) groups excluding carboxylic acids is 2. The predicted molar refractivity (Wildman–Crippen MR) is 116 cm³/mol. The fourth-order valence-corrected chi connectivity index (χ4v) is 4.32. The molecule has 6 heteroatoms. The van der Waals surface area contributed by atoms with Gasteiger partial charge in [-0.1, -0.05) is 30.7 Å². The number of amides is 1. The summed E-state index contributed by atoms with van der Waals surface area (Å²) in [4.78, 5) is 26.5. The minimum atomic E-state index is -0.538. The molecule has 3 rings (SSSR count). The molecule has 2 aromatic carbocycles. The highest BCUT2D eigenvalue weighted by atomic mass is 35.5. The van der Waals surface area contributed by atoms with Crippen LogP contribution in [-0.2, 0) is 9.53 Å². The van der Waals surface area contributed by atoms with Crippen molar-refractivity contribution in [3.63, 3.8) is 0 Å². The lowest BCUT2D eigenvalue weighted by Gasteiger charge is -2.33. The van der Waals surface area contributed by atoms with Crippen LogP contribution in [0.3, 0.4) is 0 Å². The first-order chi connectivity index (χ1) is 13.9. The molecule has 1 saturated heterocycles. The van der Waals surface area contributed by atoms with Crippen molar-refractivity contribution in [3.05, 3.63) is 64.2 Å². The zero-order valence-electron chi connectivity index (χ0n) is 16.9. The van der Waals surface area contributed by atoms with Gasteiger partial charge in [-0.05, 0) is 66.6 Å². The zero-order chi connectivity index (χ0) is 21.0. The lowest BCUT2D eigenvalue weighted by molar-refractivity contribution is -0.119. The summed E-state index contributed by atoms with van der Waals surface area (Å²) >= 11 is 6.32. The molecule has 0 radical (unpaired) electrons. The third-order valence-electron chi connectivity index (χ3n) is 5.67. The van der Waals surface area contributed by atoms with Crippen LogP contribution in [0.4, 0.5) is 5.69 Å². The Morgan fingerprint density at radius 2 is 1.72 bits per heavy atom. The molecule has 2 unspecified atom stereocenters. The monoisotopic (exact) mass is 414 g/mol. The van der Waals surface area contributed by atoms with E-state index in [-0.39, 0.29) is 5.92 Å². The maximum absolute atomic E-state index is 12.4. The standard InChI is InChI=1S/C23H27ClN2O3/c1-15(19-14-18(24)10-11-20(19)26-12-4-3-5-13-26)21(22(25)27)16-6-8-17(9-7-16)23(28)29-2/h6-11,14-15,21H,3-5,12-13H2,1-2H3,(H2,25,27). The molecule has 0 spiro atoms. The number of esters is 1. The van der Waals surface area contributed by atoms with Crippen LogP contribution in [0.2, 0.25) is 5.02 Å². The Bertz CT molecular complexity index is 876. The van der Waals surface area contributed by atoms with E-state index in [0.29, 0.717) is 10.6 Å². The molecule has 0 aromatic heterocycles. The van der Waals surface area contributed by atoms with Crippen LogP contribution in [0, 0.1) is 0 Å². The fraction of sp³-hybridized carbons (Fsp3) is 0.391. The zero-order valence-corrected chi connectivity index (χ0v) is 17.6. The summed E-state index contributed by atoms with van der Waals surface area (Å²) in [6.07, 6.45) is 3.56. The number of hydrogen-bond donors (Lipinski definition) is 1. The molecule has 2 aromatic rings. The Morgan fingerprint density at radius 3 is 2.31 bits per heavy atom. The van der Waals surface area contributed by atoms with Crippen LogP contribution in [0.1, 0.15) is 59.5 Å². The number of rotatable bonds is 6. The van der Waals surface area contributed by atoms with E-state index in [4.69, 9.17) is 22.1 Å². The molecule has 0 aliphatic carbocycles. The Morgan fingerprint density at radius 1 is 1.07 bits per heavy atom. The number of nitrogens with zero attached hydrogens (tertiary/aromatic N) is 1. The van der Waals surface area contributed by atoms with Gasteiger partial charge in [0.2, 0.25) is 5.91 Å². The molecule has 1 heterocycles. The molecule has 1 aliphatic rings. The summed E-state index contributed by atoms with van der Waals surface area (Å²) < 4.78 is 4.75. The molecular weight excluding hydrogens is 388 g/mol. The average molecular weight is 415 g/mol. The number of primary amides is 1. The van der Waals surface area contributed by atoms with Gasteiger partial charge in [-0.15, -0.1) is 0 Å². The van der Waals surface area contributed by atoms with Crippen molar-refractivity contribution in [3.8, 4) is 0 Å². The maximum Gasteiger partial charge on any atom is 0.337 e. The average Bonchev–Trinajstić information content (AvgIpc) is 2.74. The predicted octanol–water partition coefficient (Wildman–Crippen LogP) is 4.49. The molecule has 0 bridgehead atoms. The fourth-order valence-electron chi connectivity index (χ4n) is 4.14. The molecule has 1 amide bonds. The van der Waals surface area contributed by atoms with Crippen LogP contribution in [0.25, 0.3) is 0 Å². The summed E-state index contributed by atoms with van der Waals surface area (Å²) in [7, 11) is 1.34. The number of piperidine rings is 1. The Kier molecular flexibility index (Phi) is 6.80. The topological polar surface area (TPSA) is 72.6 Å². The normalized spacial score (nSPS) is 16.2. The number of carbonyl (C=O) groups is 2. The van der Waals surface area contributed by atoms with Crippen molar-refractivity contribution in [2.45, 2.75) is 38.0 Å². The van der Waals surface area contributed by atoms with E-state index in [9.17, 15) is 9.59 Å². The Balaban J connectivity index is 1.97. The SMILES string of the molecule is COC(=O)c1ccc(C(C(N)=O)C(C)c2cc(Cl)ccc2N2CCCCC2)cc1. The summed E-state index contributed by atoms with van der Waals surface area (Å²) in [5.41, 5.74) is 9.14. The van der Waals surface area contributed by atoms with E-state index < -0.39 is 17.8 Å². The lowest BCUT2D eigenvalue weighted by atomic mass is 9.81. The van der Waals surface area contributed by atoms with E-state index in [1.54, 1.807) is 24.3 Å². The summed E-state index contributed by atoms with van der Waals surface area (Å²) in [6.45, 7) is 4.00. The molecule has 154 valence electrons. The second-order valence-electron chi connectivity index (χ2n) is 7.53. The highest BCUT2D eigenvalue weighted by Crippen LogP contribution is 2.39. The molecular formula is C23H27ClN2O3. The minimum absolute atomic E-state index is 0.174. The minimum Gasteiger partial charge on any atom is -0.465 e. The summed E-state index contributed by atoms with van der Waals surface area (Å²) in [5.74, 6) is -1.54. The van der Waals surface area contributed by atoms with Crippen molar-refractivity contribution in [2.24, 2.45) is 5.73 Å². The first-order valence-corrected chi connectivity index (χ1v) is 10.3. The number of benzene rings is 2. The molecule has 0 saturated carbocycles. The van der Waals surface area contributed by atoms with Gasteiger partial charge in [-0.25, -0.2) is 4.79 Å². The maximum atomic E-state index is 12.4. The van der Waals surface area contributed by atoms with Gasteiger partial charge in [0.25, 0.3) is 0 Å². The number of anilines is 1. The van der Waals surface area contributed by atoms with E-state index in [0.717, 1.165) is 42.7 Å². The van der Waals surface area contributed by atoms with Crippen molar-refractivity contribution in [1.29, 1.82) is 0 Å². The first kappa shape index (κ1) is 21.2. The second kappa shape index (κ2) is 9.31. The molecule has 1 fully saturated rings. The van der Waals surface area contributed by atoms with Crippen LogP contribution in [0.5, 0.6) is 0 Å². The van der Waals surface area contributed by atoms with Gasteiger partial charge >= 0.3 is 5.97 Å². The molecule has 5 nitrogen and oxygen atoms in total. The lowest BCUT2D eigenvalue weighted by Crippen LogP contribution is -2.32. The summed E-state index contributed by atoms with van der Waals surface area (Å²) in [5, 5.41) is 0.636. The number of methoxy groups -OCH3 is 1. The van der Waals surface area contributed by atoms with Crippen molar-refractivity contribution in [1.82, 2.24) is 0 Å². The van der Waals surface area contributed by atoms with Gasteiger partial charge < -0.3 is 15.4 Å². The molecule has 2 atom stereocenters. The smallest absolute Gasteiger partial charge is 0.337 e. The third-order valence-corrected chi connectivity index (χ3v) is 5.91.